The Kier molecular flexibility index (Phi) is 6.96. The van der Waals surface area contributed by atoms with E-state index in [4.69, 9.17) is 44.9 Å². The van der Waals surface area contributed by atoms with Crippen LogP contribution in [0.2, 0.25) is 0 Å². The average molecular weight is 242 g/mol. The van der Waals surface area contributed by atoms with E-state index >= 15 is 0 Å². The summed E-state index contributed by atoms with van der Waals surface area (Å²) in [6.45, 7) is -0.965. The van der Waals surface area contributed by atoms with Gasteiger partial charge in [-0.2, -0.15) is 0 Å². The van der Waals surface area contributed by atoms with Gasteiger partial charge < -0.3 is 20.4 Å². The fourth-order valence-corrected chi connectivity index (χ4v) is 1.85. The molecular formula is C6H10O4S3. The Balaban J connectivity index is 3.99. The average Bonchev–Trinajstić information content (AvgIpc) is 2.14. The third-order valence-corrected chi connectivity index (χ3v) is 3.08. The fraction of sp³-hybridized carbons (Fsp3) is 0.667. The quantitative estimate of drug-likeness (QED) is 0.475. The molecule has 0 fully saturated rings. The van der Waals surface area contributed by atoms with Crippen molar-refractivity contribution in [3.05, 3.63) is 0 Å². The number of hydrogen-bond donors (Lipinski definition) is 4. The summed E-state index contributed by atoms with van der Waals surface area (Å²) in [5, 5.41) is 35.0. The number of thioether (sulfide) groups is 1. The van der Waals surface area contributed by atoms with Crippen molar-refractivity contribution in [3.8, 4) is 0 Å². The van der Waals surface area contributed by atoms with Crippen LogP contribution in [0.1, 0.15) is 0 Å². The zero-order chi connectivity index (χ0) is 10.4. The van der Waals surface area contributed by atoms with Gasteiger partial charge in [0.05, 0.1) is 21.6 Å². The topological polar surface area (TPSA) is 80.9 Å². The summed E-state index contributed by atoms with van der Waals surface area (Å²) in [5.41, 5.74) is 0. The molecule has 0 rings (SSSR count). The molecule has 2 atom stereocenters. The van der Waals surface area contributed by atoms with E-state index in [1.807, 2.05) is 0 Å². The summed E-state index contributed by atoms with van der Waals surface area (Å²) in [6.07, 6.45) is -2.27. The highest BCUT2D eigenvalue weighted by Gasteiger charge is 2.16. The molecule has 0 aromatic carbocycles. The number of hydrogen-bond acceptors (Lipinski definition) is 7. The van der Waals surface area contributed by atoms with Crippen molar-refractivity contribution in [2.24, 2.45) is 0 Å². The van der Waals surface area contributed by atoms with Gasteiger partial charge in [0, 0.05) is 0 Å². The molecule has 0 radical (unpaired) electrons. The molecule has 0 aromatic heterocycles. The summed E-state index contributed by atoms with van der Waals surface area (Å²) >= 11 is 10.2. The van der Waals surface area contributed by atoms with Gasteiger partial charge in [0.15, 0.2) is 0 Å². The van der Waals surface area contributed by atoms with Gasteiger partial charge in [-0.25, -0.2) is 0 Å². The second-order valence-corrected chi connectivity index (χ2v) is 4.62. The largest absolute Gasteiger partial charge is 0.393 e. The zero-order valence-corrected chi connectivity index (χ0v) is 9.03. The molecule has 4 nitrogen and oxygen atoms in total. The highest BCUT2D eigenvalue weighted by molar-refractivity contribution is 8.38. The first-order valence-electron chi connectivity index (χ1n) is 3.36. The summed E-state index contributed by atoms with van der Waals surface area (Å²) in [6, 6.07) is 0. The molecule has 0 heterocycles. The molecule has 2 unspecified atom stereocenters. The first-order chi connectivity index (χ1) is 6.02. The standard InChI is InChI=1S/C6H10O4S3/c7-1-3(9)5(11)13-6(12)4(10)2-8/h3-4,7-10H,1-2H2. The minimum absolute atomic E-state index is 0.0833. The molecule has 0 aliphatic rings. The lowest BCUT2D eigenvalue weighted by Gasteiger charge is -2.11. The first kappa shape index (κ1) is 13.4. The van der Waals surface area contributed by atoms with E-state index in [-0.39, 0.29) is 8.39 Å². The van der Waals surface area contributed by atoms with Crippen LogP contribution in [-0.2, 0) is 0 Å². The van der Waals surface area contributed by atoms with Gasteiger partial charge in [0.25, 0.3) is 0 Å². The molecule has 0 spiro atoms. The molecule has 0 amide bonds. The summed E-state index contributed by atoms with van der Waals surface area (Å²) in [7, 11) is 0. The van der Waals surface area contributed by atoms with E-state index in [0.29, 0.717) is 0 Å². The highest BCUT2D eigenvalue weighted by atomic mass is 32.2. The lowest BCUT2D eigenvalue weighted by Crippen LogP contribution is -2.26. The fourth-order valence-electron chi connectivity index (χ4n) is 0.384. The number of aliphatic hydroxyl groups excluding tert-OH is 4. The third kappa shape index (κ3) is 4.96. The Labute approximate surface area is 90.6 Å². The van der Waals surface area contributed by atoms with Crippen LogP contribution in [0.25, 0.3) is 0 Å². The van der Waals surface area contributed by atoms with Gasteiger partial charge in [-0.15, -0.1) is 0 Å². The number of aliphatic hydroxyl groups is 4. The van der Waals surface area contributed by atoms with Crippen LogP contribution in [0.15, 0.2) is 0 Å². The van der Waals surface area contributed by atoms with Gasteiger partial charge in [0.1, 0.15) is 12.2 Å². The molecule has 0 aliphatic heterocycles. The SMILES string of the molecule is OCC(O)C(=S)SC(=S)C(O)CO. The van der Waals surface area contributed by atoms with E-state index in [9.17, 15) is 0 Å². The van der Waals surface area contributed by atoms with E-state index in [0.717, 1.165) is 11.8 Å². The van der Waals surface area contributed by atoms with Crippen LogP contribution in [0.4, 0.5) is 0 Å². The van der Waals surface area contributed by atoms with Crippen LogP contribution >= 0.6 is 36.2 Å². The number of thiocarbonyl (C=S) groups is 2. The van der Waals surface area contributed by atoms with E-state index < -0.39 is 25.4 Å². The minimum atomic E-state index is -1.14. The maximum Gasteiger partial charge on any atom is 0.118 e. The van der Waals surface area contributed by atoms with Crippen molar-refractivity contribution < 1.29 is 20.4 Å². The summed E-state index contributed by atoms with van der Waals surface area (Å²) in [4.78, 5) is 0. The third-order valence-electron chi connectivity index (χ3n) is 1.09. The molecule has 76 valence electrons. The minimum Gasteiger partial charge on any atom is -0.393 e. The Morgan fingerprint density at radius 1 is 1.00 bits per heavy atom. The van der Waals surface area contributed by atoms with E-state index in [1.165, 1.54) is 0 Å². The van der Waals surface area contributed by atoms with Crippen LogP contribution in [0.5, 0.6) is 0 Å². The number of rotatable bonds is 4. The van der Waals surface area contributed by atoms with Crippen LogP contribution in [0, 0.1) is 0 Å². The van der Waals surface area contributed by atoms with E-state index in [2.05, 4.69) is 0 Å². The van der Waals surface area contributed by atoms with Gasteiger partial charge >= 0.3 is 0 Å². The molecule has 4 N–H and O–H groups in total. The Bertz CT molecular complexity index is 176. The summed E-state index contributed by atoms with van der Waals surface area (Å²) in [5.74, 6) is 0. The van der Waals surface area contributed by atoms with Crippen LogP contribution in [-0.4, -0.2) is 54.2 Å². The van der Waals surface area contributed by atoms with Gasteiger partial charge in [-0.05, 0) is 0 Å². The maximum atomic E-state index is 9.01. The monoisotopic (exact) mass is 242 g/mol. The van der Waals surface area contributed by atoms with Gasteiger partial charge in [-0.1, -0.05) is 36.2 Å². The predicted molar refractivity (Wildman–Crippen MR) is 59.0 cm³/mol. The van der Waals surface area contributed by atoms with Gasteiger partial charge in [-0.3, -0.25) is 0 Å². The van der Waals surface area contributed by atoms with E-state index in [1.54, 1.807) is 0 Å². The van der Waals surface area contributed by atoms with Crippen LogP contribution < -0.4 is 0 Å². The van der Waals surface area contributed by atoms with Crippen LogP contribution in [0.3, 0.4) is 0 Å². The van der Waals surface area contributed by atoms with Crippen molar-refractivity contribution in [1.29, 1.82) is 0 Å². The zero-order valence-electron chi connectivity index (χ0n) is 6.58. The smallest absolute Gasteiger partial charge is 0.118 e. The molecule has 13 heavy (non-hydrogen) atoms. The first-order valence-corrected chi connectivity index (χ1v) is 4.99. The molecule has 0 aromatic rings. The van der Waals surface area contributed by atoms with Crippen molar-refractivity contribution >= 4 is 44.6 Å². The Hall–Kier alpha value is 0.370. The van der Waals surface area contributed by atoms with Crippen molar-refractivity contribution in [3.63, 3.8) is 0 Å². The Morgan fingerprint density at radius 3 is 1.54 bits per heavy atom. The second kappa shape index (κ2) is 6.77. The van der Waals surface area contributed by atoms with Crippen molar-refractivity contribution in [1.82, 2.24) is 0 Å². The van der Waals surface area contributed by atoms with Gasteiger partial charge in [0.2, 0.25) is 0 Å². The molecule has 0 aliphatic carbocycles. The lowest BCUT2D eigenvalue weighted by molar-refractivity contribution is 0.147. The lowest BCUT2D eigenvalue weighted by atomic mass is 10.4. The predicted octanol–water partition coefficient (Wildman–Crippen LogP) is -0.919. The van der Waals surface area contributed by atoms with Crippen molar-refractivity contribution in [2.45, 2.75) is 12.2 Å². The molecule has 0 saturated carbocycles. The second-order valence-electron chi connectivity index (χ2n) is 2.14. The Morgan fingerprint density at radius 2 is 1.31 bits per heavy atom. The maximum absolute atomic E-state index is 9.01. The summed E-state index contributed by atoms with van der Waals surface area (Å²) < 4.78 is 0.167. The normalized spacial score (nSPS) is 15.1. The molecular weight excluding hydrogens is 232 g/mol. The molecule has 0 saturated heterocycles. The highest BCUT2D eigenvalue weighted by Crippen LogP contribution is 2.13. The molecule has 0 bridgehead atoms. The molecule has 7 heteroatoms. The van der Waals surface area contributed by atoms with Crippen molar-refractivity contribution in [2.75, 3.05) is 13.2 Å².